The Morgan fingerprint density at radius 3 is 1.85 bits per heavy atom. The third-order valence-corrected chi connectivity index (χ3v) is 7.99. The Balaban J connectivity index is 1.56. The molecule has 2 atom stereocenters. The van der Waals surface area contributed by atoms with E-state index in [-0.39, 0.29) is 17.7 Å². The van der Waals surface area contributed by atoms with E-state index in [9.17, 15) is 9.59 Å². The first kappa shape index (κ1) is 33.0. The van der Waals surface area contributed by atoms with Gasteiger partial charge in [-0.05, 0) is 20.3 Å². The second-order valence-corrected chi connectivity index (χ2v) is 11.1. The molecule has 0 radical (unpaired) electrons. The number of hydrogen-bond donors (Lipinski definition) is 2. The molecule has 2 aliphatic rings. The molecule has 8 heteroatoms. The van der Waals surface area contributed by atoms with E-state index >= 15 is 0 Å². The molecule has 224 valence electrons. The van der Waals surface area contributed by atoms with E-state index < -0.39 is 12.1 Å². The van der Waals surface area contributed by atoms with Crippen LogP contribution in [0.5, 0.6) is 0 Å². The topological polar surface area (TPSA) is 103 Å². The summed E-state index contributed by atoms with van der Waals surface area (Å²) in [5, 5.41) is 4.29. The van der Waals surface area contributed by atoms with Gasteiger partial charge in [-0.3, -0.25) is 0 Å². The van der Waals surface area contributed by atoms with Crippen LogP contribution in [0, 0.1) is 0 Å². The largest absolute Gasteiger partial charge is 0.465 e. The third-order valence-electron chi connectivity index (χ3n) is 7.99. The highest BCUT2D eigenvalue weighted by Gasteiger charge is 2.40. The Morgan fingerprint density at radius 2 is 1.41 bits per heavy atom. The van der Waals surface area contributed by atoms with Crippen LogP contribution in [0.1, 0.15) is 130 Å². The zero-order valence-corrected chi connectivity index (χ0v) is 25.2. The lowest BCUT2D eigenvalue weighted by Crippen LogP contribution is -2.48. The lowest BCUT2D eigenvalue weighted by Gasteiger charge is -2.41. The van der Waals surface area contributed by atoms with Gasteiger partial charge in [-0.15, -0.1) is 0 Å². The first-order valence-electron chi connectivity index (χ1n) is 15.6. The number of ether oxygens (including phenoxy) is 2. The highest BCUT2D eigenvalue weighted by molar-refractivity contribution is 5.94. The Bertz CT molecular complexity index is 806. The summed E-state index contributed by atoms with van der Waals surface area (Å²) >= 11 is 0. The summed E-state index contributed by atoms with van der Waals surface area (Å²) < 4.78 is 10.6. The van der Waals surface area contributed by atoms with Crippen molar-refractivity contribution in [2.45, 2.75) is 142 Å². The van der Waals surface area contributed by atoms with Crippen molar-refractivity contribution in [3.63, 3.8) is 0 Å². The van der Waals surface area contributed by atoms with Crippen LogP contribution < -0.4 is 11.1 Å². The van der Waals surface area contributed by atoms with Crippen LogP contribution in [0.4, 0.5) is 4.79 Å². The number of carbonyl (C=O) groups is 2. The molecule has 1 saturated heterocycles. The van der Waals surface area contributed by atoms with E-state index in [4.69, 9.17) is 20.0 Å². The number of amides is 1. The van der Waals surface area contributed by atoms with E-state index in [0.29, 0.717) is 24.5 Å². The highest BCUT2D eigenvalue weighted by Crippen LogP contribution is 2.36. The van der Waals surface area contributed by atoms with Crippen molar-refractivity contribution < 1.29 is 23.9 Å². The van der Waals surface area contributed by atoms with Crippen molar-refractivity contribution in [3.05, 3.63) is 22.5 Å². The molecule has 0 spiro atoms. The van der Waals surface area contributed by atoms with Crippen molar-refractivity contribution in [1.82, 2.24) is 10.4 Å². The number of nitrogens with two attached hydrogens (primary N) is 1. The van der Waals surface area contributed by atoms with Crippen LogP contribution in [0.3, 0.4) is 0 Å². The molecule has 8 nitrogen and oxygen atoms in total. The summed E-state index contributed by atoms with van der Waals surface area (Å²) in [7, 11) is 1.31. The second-order valence-electron chi connectivity index (χ2n) is 11.1. The van der Waals surface area contributed by atoms with Gasteiger partial charge in [0, 0.05) is 18.5 Å². The summed E-state index contributed by atoms with van der Waals surface area (Å²) in [4.78, 5) is 30.6. The average molecular weight is 550 g/mol. The number of rotatable bonds is 20. The van der Waals surface area contributed by atoms with Gasteiger partial charge in [0.25, 0.3) is 0 Å². The van der Waals surface area contributed by atoms with Gasteiger partial charge in [0.05, 0.1) is 37.3 Å². The molecule has 2 aliphatic heterocycles. The van der Waals surface area contributed by atoms with Gasteiger partial charge in [0.15, 0.2) is 0 Å². The molecule has 2 unspecified atom stereocenters. The molecule has 0 aromatic rings. The maximum absolute atomic E-state index is 12.6. The molecule has 0 saturated carbocycles. The number of hydroxylamine groups is 2. The Morgan fingerprint density at radius 1 is 0.923 bits per heavy atom. The molecular formula is C31H55N3O5. The molecule has 2 rings (SSSR count). The molecule has 1 fully saturated rings. The van der Waals surface area contributed by atoms with Crippen LogP contribution in [0.25, 0.3) is 0 Å². The van der Waals surface area contributed by atoms with Crippen molar-refractivity contribution >= 4 is 12.1 Å². The molecule has 1 amide bonds. The maximum atomic E-state index is 12.6. The lowest BCUT2D eigenvalue weighted by molar-refractivity contribution is -0.138. The molecule has 0 bridgehead atoms. The fourth-order valence-electron chi connectivity index (χ4n) is 5.51. The van der Waals surface area contributed by atoms with Crippen LogP contribution >= 0.6 is 0 Å². The number of esters is 1. The van der Waals surface area contributed by atoms with E-state index in [0.717, 1.165) is 24.8 Å². The SMILES string of the molecule is CCCCCCCCCCCCCCCCCCNC(=O)ON1C(C)=C(C(=O)OC)C(N)=C(C2CCO2)C1C. The van der Waals surface area contributed by atoms with Gasteiger partial charge in [-0.25, -0.2) is 14.7 Å². The molecule has 2 heterocycles. The number of nitrogens with one attached hydrogen (secondary N) is 1. The maximum Gasteiger partial charge on any atom is 0.431 e. The first-order valence-corrected chi connectivity index (χ1v) is 15.6. The molecule has 3 N–H and O–H groups in total. The fraction of sp³-hybridized carbons (Fsp3) is 0.806. The summed E-state index contributed by atoms with van der Waals surface area (Å²) in [5.41, 5.74) is 8.11. The van der Waals surface area contributed by atoms with Crippen molar-refractivity contribution in [3.8, 4) is 0 Å². The number of hydrogen-bond acceptors (Lipinski definition) is 7. The number of methoxy groups -OCH3 is 1. The van der Waals surface area contributed by atoms with Crippen molar-refractivity contribution in [2.75, 3.05) is 20.3 Å². The molecule has 0 aromatic carbocycles. The zero-order chi connectivity index (χ0) is 28.5. The Hall–Kier alpha value is -2.22. The lowest BCUT2D eigenvalue weighted by atomic mass is 9.88. The monoisotopic (exact) mass is 549 g/mol. The number of allylic oxidation sites excluding steroid dienone is 1. The van der Waals surface area contributed by atoms with E-state index in [1.54, 1.807) is 6.92 Å². The summed E-state index contributed by atoms with van der Waals surface area (Å²) in [5.74, 6) is -0.559. The van der Waals surface area contributed by atoms with E-state index in [1.165, 1.54) is 102 Å². The zero-order valence-electron chi connectivity index (χ0n) is 25.2. The number of unbranched alkanes of at least 4 members (excludes halogenated alkanes) is 15. The third kappa shape index (κ3) is 11.1. The first-order chi connectivity index (χ1) is 18.9. The van der Waals surface area contributed by atoms with E-state index in [2.05, 4.69) is 12.2 Å². The quantitative estimate of drug-likeness (QED) is 0.124. The minimum atomic E-state index is -0.559. The summed E-state index contributed by atoms with van der Waals surface area (Å²) in [6.45, 7) is 7.07. The smallest absolute Gasteiger partial charge is 0.431 e. The van der Waals surface area contributed by atoms with Gasteiger partial charge in [0.2, 0.25) is 0 Å². The number of carbonyl (C=O) groups excluding carboxylic acids is 2. The average Bonchev–Trinajstić information content (AvgIpc) is 2.89. The molecule has 39 heavy (non-hydrogen) atoms. The van der Waals surface area contributed by atoms with Crippen LogP contribution in [0.2, 0.25) is 0 Å². The molecule has 0 aromatic heterocycles. The number of nitrogens with zero attached hydrogens (tertiary/aromatic N) is 1. The van der Waals surface area contributed by atoms with Crippen molar-refractivity contribution in [1.29, 1.82) is 0 Å². The van der Waals surface area contributed by atoms with Crippen LogP contribution in [-0.4, -0.2) is 49.5 Å². The predicted octanol–water partition coefficient (Wildman–Crippen LogP) is 7.04. The minimum absolute atomic E-state index is 0.188. The molecule has 0 aliphatic carbocycles. The standard InChI is InChI=1S/C31H55N3O5/c1-5-6-7-8-9-10-11-12-13-14-15-16-17-18-19-20-22-33-31(36)39-34-24(2)27(26-21-23-38-26)29(32)28(25(34)3)30(35)37-4/h24,26H,5-23,32H2,1-4H3,(H,33,36). The normalized spacial score (nSPS) is 19.2. The van der Waals surface area contributed by atoms with Gasteiger partial charge in [0.1, 0.15) is 5.57 Å². The summed E-state index contributed by atoms with van der Waals surface area (Å²) in [6, 6.07) is -0.343. The Kier molecular flexibility index (Phi) is 16.0. The van der Waals surface area contributed by atoms with Gasteiger partial charge < -0.3 is 25.4 Å². The van der Waals surface area contributed by atoms with Gasteiger partial charge in [-0.1, -0.05) is 103 Å². The second kappa shape index (κ2) is 19.0. The predicted molar refractivity (Wildman–Crippen MR) is 156 cm³/mol. The Labute approximate surface area is 237 Å². The highest BCUT2D eigenvalue weighted by atomic mass is 16.7. The van der Waals surface area contributed by atoms with Crippen LogP contribution in [0.15, 0.2) is 22.5 Å². The molecular weight excluding hydrogens is 494 g/mol. The fourth-order valence-corrected chi connectivity index (χ4v) is 5.51. The van der Waals surface area contributed by atoms with Gasteiger partial charge >= 0.3 is 12.1 Å². The van der Waals surface area contributed by atoms with Crippen molar-refractivity contribution in [2.24, 2.45) is 5.73 Å². The van der Waals surface area contributed by atoms with Gasteiger partial charge in [-0.2, -0.15) is 0 Å². The summed E-state index contributed by atoms with van der Waals surface area (Å²) in [6.07, 6.45) is 21.1. The van der Waals surface area contributed by atoms with Crippen LogP contribution in [-0.2, 0) is 19.1 Å². The van der Waals surface area contributed by atoms with E-state index in [1.807, 2.05) is 6.92 Å². The minimum Gasteiger partial charge on any atom is -0.465 e.